The number of urea groups is 1. The van der Waals surface area contributed by atoms with Crippen molar-refractivity contribution >= 4 is 29.4 Å². The number of amides is 3. The van der Waals surface area contributed by atoms with Gasteiger partial charge in [-0.3, -0.25) is 15.4 Å². The maximum atomic E-state index is 12.9. The topological polar surface area (TPSA) is 98.8 Å². The van der Waals surface area contributed by atoms with E-state index in [0.717, 1.165) is 12.1 Å². The van der Waals surface area contributed by atoms with E-state index < -0.39 is 23.7 Å². The molecule has 2 N–H and O–H groups in total. The number of aromatic nitrogens is 1. The van der Waals surface area contributed by atoms with E-state index in [4.69, 9.17) is 25.8 Å². The highest BCUT2D eigenvalue weighted by Crippen LogP contribution is 2.35. The van der Waals surface area contributed by atoms with Crippen LogP contribution in [0.15, 0.2) is 54.7 Å². The van der Waals surface area contributed by atoms with Crippen molar-refractivity contribution < 1.29 is 37.0 Å². The van der Waals surface area contributed by atoms with Crippen molar-refractivity contribution in [3.05, 3.63) is 70.9 Å². The van der Waals surface area contributed by atoms with Crippen LogP contribution in [-0.2, 0) is 6.18 Å². The summed E-state index contributed by atoms with van der Waals surface area (Å²) in [5.41, 5.74) is -0.937. The number of pyridine rings is 1. The molecule has 0 spiro atoms. The highest BCUT2D eigenvalue weighted by atomic mass is 35.5. The van der Waals surface area contributed by atoms with E-state index in [1.165, 1.54) is 50.7 Å². The number of ether oxygens (including phenoxy) is 3. The first-order valence-electron chi connectivity index (χ1n) is 9.45. The fraction of sp³-hybridized carbons (Fsp3) is 0.136. The van der Waals surface area contributed by atoms with E-state index >= 15 is 0 Å². The SMILES string of the molecule is COc1cccc(OC)c1C(=O)NC(=O)Nc1ccc(Oc2cc(Cl)cc(C(F)(F)F)c2)cn1. The summed E-state index contributed by atoms with van der Waals surface area (Å²) in [6.45, 7) is 0. The van der Waals surface area contributed by atoms with Crippen molar-refractivity contribution in [2.24, 2.45) is 0 Å². The molecule has 3 aromatic rings. The minimum atomic E-state index is -4.59. The van der Waals surface area contributed by atoms with E-state index in [0.29, 0.717) is 0 Å². The van der Waals surface area contributed by atoms with Gasteiger partial charge in [-0.1, -0.05) is 17.7 Å². The first-order valence-corrected chi connectivity index (χ1v) is 9.83. The zero-order chi connectivity index (χ0) is 24.9. The third-order valence-electron chi connectivity index (χ3n) is 4.29. The second-order valence-corrected chi connectivity index (χ2v) is 7.04. The Labute approximate surface area is 196 Å². The number of halogens is 4. The quantitative estimate of drug-likeness (QED) is 0.467. The summed E-state index contributed by atoms with van der Waals surface area (Å²) in [6.07, 6.45) is -3.41. The first-order chi connectivity index (χ1) is 16.1. The van der Waals surface area contributed by atoms with Crippen LogP contribution in [0, 0.1) is 0 Å². The largest absolute Gasteiger partial charge is 0.496 e. The van der Waals surface area contributed by atoms with Gasteiger partial charge in [-0.05, 0) is 42.5 Å². The molecule has 1 heterocycles. The van der Waals surface area contributed by atoms with Crippen LogP contribution in [0.4, 0.5) is 23.8 Å². The molecule has 12 heteroatoms. The van der Waals surface area contributed by atoms with Gasteiger partial charge in [-0.25, -0.2) is 9.78 Å². The van der Waals surface area contributed by atoms with Crippen LogP contribution in [0.25, 0.3) is 0 Å². The van der Waals surface area contributed by atoms with Crippen LogP contribution < -0.4 is 24.8 Å². The van der Waals surface area contributed by atoms with Gasteiger partial charge in [0, 0.05) is 5.02 Å². The molecule has 0 aliphatic heterocycles. The van der Waals surface area contributed by atoms with Gasteiger partial charge in [0.1, 0.15) is 34.4 Å². The van der Waals surface area contributed by atoms with Crippen molar-refractivity contribution in [1.29, 1.82) is 0 Å². The van der Waals surface area contributed by atoms with E-state index in [1.54, 1.807) is 6.07 Å². The number of benzene rings is 2. The van der Waals surface area contributed by atoms with E-state index in [1.807, 2.05) is 0 Å². The maximum Gasteiger partial charge on any atom is 0.416 e. The number of alkyl halides is 3. The van der Waals surface area contributed by atoms with Crippen LogP contribution in [0.5, 0.6) is 23.0 Å². The summed E-state index contributed by atoms with van der Waals surface area (Å²) in [5.74, 6) is -0.356. The molecule has 3 amide bonds. The molecular weight excluding hydrogens is 479 g/mol. The number of imide groups is 1. The molecule has 8 nitrogen and oxygen atoms in total. The van der Waals surface area contributed by atoms with Gasteiger partial charge in [-0.15, -0.1) is 0 Å². The number of nitrogens with zero attached hydrogens (tertiary/aromatic N) is 1. The molecule has 0 bridgehead atoms. The lowest BCUT2D eigenvalue weighted by molar-refractivity contribution is -0.137. The minimum Gasteiger partial charge on any atom is -0.496 e. The summed E-state index contributed by atoms with van der Waals surface area (Å²) in [6, 6.07) is 9.29. The number of nitrogens with one attached hydrogen (secondary N) is 2. The van der Waals surface area contributed by atoms with Gasteiger partial charge < -0.3 is 14.2 Å². The summed E-state index contributed by atoms with van der Waals surface area (Å²) in [4.78, 5) is 28.7. The van der Waals surface area contributed by atoms with Crippen molar-refractivity contribution in [1.82, 2.24) is 10.3 Å². The zero-order valence-electron chi connectivity index (χ0n) is 17.7. The average molecular weight is 496 g/mol. The Bertz CT molecular complexity index is 1180. The van der Waals surface area contributed by atoms with E-state index in [2.05, 4.69) is 15.6 Å². The molecule has 3 rings (SSSR count). The third kappa shape index (κ3) is 6.07. The number of carbonyl (C=O) groups is 2. The van der Waals surface area contributed by atoms with Crippen molar-refractivity contribution in [2.45, 2.75) is 6.18 Å². The van der Waals surface area contributed by atoms with E-state index in [-0.39, 0.29) is 39.4 Å². The summed E-state index contributed by atoms with van der Waals surface area (Å²) < 4.78 is 54.4. The molecule has 178 valence electrons. The molecule has 0 aliphatic carbocycles. The van der Waals surface area contributed by atoms with Crippen LogP contribution in [0.1, 0.15) is 15.9 Å². The Morgan fingerprint density at radius 1 is 0.971 bits per heavy atom. The Kier molecular flexibility index (Phi) is 7.47. The van der Waals surface area contributed by atoms with Gasteiger partial charge >= 0.3 is 12.2 Å². The highest BCUT2D eigenvalue weighted by molar-refractivity contribution is 6.30. The predicted molar refractivity (Wildman–Crippen MR) is 117 cm³/mol. The zero-order valence-corrected chi connectivity index (χ0v) is 18.5. The smallest absolute Gasteiger partial charge is 0.416 e. The third-order valence-corrected chi connectivity index (χ3v) is 4.51. The van der Waals surface area contributed by atoms with Crippen LogP contribution in [0.3, 0.4) is 0 Å². The Morgan fingerprint density at radius 2 is 1.65 bits per heavy atom. The molecular formula is C22H17ClF3N3O5. The molecule has 1 aromatic heterocycles. The monoisotopic (exact) mass is 495 g/mol. The number of rotatable bonds is 6. The maximum absolute atomic E-state index is 12.9. The lowest BCUT2D eigenvalue weighted by Gasteiger charge is -2.13. The second-order valence-electron chi connectivity index (χ2n) is 6.60. The standard InChI is InChI=1S/C22H17ClF3N3O5/c1-32-16-4-3-5-17(33-2)19(16)20(30)29-21(31)28-18-7-6-14(11-27-18)34-15-9-12(22(24,25)26)8-13(23)10-15/h3-11H,1-2H3,(H2,27,28,29,30,31). The van der Waals surface area contributed by atoms with Crippen molar-refractivity contribution in [2.75, 3.05) is 19.5 Å². The molecule has 0 saturated carbocycles. The minimum absolute atomic E-state index is 0.0269. The van der Waals surface area contributed by atoms with Crippen molar-refractivity contribution in [3.63, 3.8) is 0 Å². The summed E-state index contributed by atoms with van der Waals surface area (Å²) in [5, 5.41) is 4.34. The molecule has 0 fully saturated rings. The Balaban J connectivity index is 1.66. The predicted octanol–water partition coefficient (Wildman–Crippen LogP) is 5.53. The fourth-order valence-corrected chi connectivity index (χ4v) is 3.05. The summed E-state index contributed by atoms with van der Waals surface area (Å²) >= 11 is 5.74. The molecule has 0 radical (unpaired) electrons. The normalized spacial score (nSPS) is 10.9. The Morgan fingerprint density at radius 3 is 2.21 bits per heavy atom. The fourth-order valence-electron chi connectivity index (χ4n) is 2.82. The lowest BCUT2D eigenvalue weighted by atomic mass is 10.1. The molecule has 0 atom stereocenters. The second kappa shape index (κ2) is 10.3. The average Bonchev–Trinajstić information content (AvgIpc) is 2.78. The lowest BCUT2D eigenvalue weighted by Crippen LogP contribution is -2.35. The van der Waals surface area contributed by atoms with Gasteiger partial charge in [0.15, 0.2) is 0 Å². The molecule has 34 heavy (non-hydrogen) atoms. The highest BCUT2D eigenvalue weighted by Gasteiger charge is 2.31. The number of methoxy groups -OCH3 is 2. The van der Waals surface area contributed by atoms with Crippen LogP contribution >= 0.6 is 11.6 Å². The molecule has 0 unspecified atom stereocenters. The number of hydrogen-bond donors (Lipinski definition) is 2. The van der Waals surface area contributed by atoms with Crippen LogP contribution in [-0.4, -0.2) is 31.1 Å². The van der Waals surface area contributed by atoms with Gasteiger partial charge in [-0.2, -0.15) is 13.2 Å². The van der Waals surface area contributed by atoms with Gasteiger partial charge in [0.05, 0.1) is 26.0 Å². The molecule has 0 saturated heterocycles. The summed E-state index contributed by atoms with van der Waals surface area (Å²) in [7, 11) is 2.74. The first kappa shape index (κ1) is 24.6. The van der Waals surface area contributed by atoms with Gasteiger partial charge in [0.25, 0.3) is 5.91 Å². The van der Waals surface area contributed by atoms with Gasteiger partial charge in [0.2, 0.25) is 0 Å². The molecule has 2 aromatic carbocycles. The van der Waals surface area contributed by atoms with Crippen molar-refractivity contribution in [3.8, 4) is 23.0 Å². The molecule has 0 aliphatic rings. The number of hydrogen-bond acceptors (Lipinski definition) is 6. The Hall–Kier alpha value is -3.99. The number of carbonyl (C=O) groups excluding carboxylic acids is 2. The number of anilines is 1. The van der Waals surface area contributed by atoms with E-state index in [9.17, 15) is 22.8 Å². The van der Waals surface area contributed by atoms with Crippen LogP contribution in [0.2, 0.25) is 5.02 Å².